The predicted octanol–water partition coefficient (Wildman–Crippen LogP) is 2.82. The number of H-pyrrole nitrogens is 1. The van der Waals surface area contributed by atoms with Gasteiger partial charge in [0.1, 0.15) is 17.8 Å². The molecule has 0 unspecified atom stereocenters. The van der Waals surface area contributed by atoms with Crippen LogP contribution in [0.1, 0.15) is 50.0 Å². The number of aromatic nitrogens is 3. The Kier molecular flexibility index (Phi) is 5.70. The van der Waals surface area contributed by atoms with Gasteiger partial charge in [-0.2, -0.15) is 0 Å². The predicted molar refractivity (Wildman–Crippen MR) is 115 cm³/mol. The monoisotopic (exact) mass is 398 g/mol. The van der Waals surface area contributed by atoms with Crippen molar-refractivity contribution >= 4 is 16.9 Å². The molecule has 2 N–H and O–H groups in total. The molecular formula is C22H34N6O. The average molecular weight is 399 g/mol. The third-order valence-corrected chi connectivity index (χ3v) is 7.25. The fraction of sp³-hybridized carbons (Fsp3) is 0.727. The van der Waals surface area contributed by atoms with Crippen LogP contribution in [0.25, 0.3) is 11.0 Å². The van der Waals surface area contributed by atoms with Gasteiger partial charge < -0.3 is 19.9 Å². The molecule has 2 saturated heterocycles. The lowest BCUT2D eigenvalue weighted by molar-refractivity contribution is 0.0856. The van der Waals surface area contributed by atoms with Gasteiger partial charge in [-0.15, -0.1) is 0 Å². The maximum Gasteiger partial charge on any atom is 0.143 e. The molecule has 3 fully saturated rings. The molecule has 2 aromatic rings. The van der Waals surface area contributed by atoms with Gasteiger partial charge in [0.25, 0.3) is 0 Å². The van der Waals surface area contributed by atoms with Gasteiger partial charge >= 0.3 is 0 Å². The van der Waals surface area contributed by atoms with Gasteiger partial charge in [0.2, 0.25) is 0 Å². The van der Waals surface area contributed by atoms with Crippen molar-refractivity contribution in [3.05, 3.63) is 18.1 Å². The molecule has 5 rings (SSSR count). The molecule has 0 aromatic carbocycles. The topological polar surface area (TPSA) is 69.3 Å². The second-order valence-electron chi connectivity index (χ2n) is 9.07. The highest BCUT2D eigenvalue weighted by Crippen LogP contribution is 2.35. The Morgan fingerprint density at radius 3 is 2.52 bits per heavy atom. The van der Waals surface area contributed by atoms with Gasteiger partial charge in [-0.3, -0.25) is 4.90 Å². The van der Waals surface area contributed by atoms with Crippen molar-refractivity contribution in [3.63, 3.8) is 0 Å². The van der Waals surface area contributed by atoms with E-state index in [2.05, 4.69) is 43.3 Å². The summed E-state index contributed by atoms with van der Waals surface area (Å²) in [6.45, 7) is 6.57. The summed E-state index contributed by atoms with van der Waals surface area (Å²) in [7, 11) is 2.23. The fourth-order valence-corrected chi connectivity index (χ4v) is 5.39. The molecule has 158 valence electrons. The molecule has 2 aliphatic heterocycles. The van der Waals surface area contributed by atoms with Crippen LogP contribution >= 0.6 is 0 Å². The van der Waals surface area contributed by atoms with Crippen LogP contribution in [-0.4, -0.2) is 83.3 Å². The van der Waals surface area contributed by atoms with Gasteiger partial charge in [-0.1, -0.05) is 0 Å². The van der Waals surface area contributed by atoms with Crippen LogP contribution < -0.4 is 5.32 Å². The molecule has 29 heavy (non-hydrogen) atoms. The van der Waals surface area contributed by atoms with Crippen molar-refractivity contribution < 1.29 is 4.74 Å². The lowest BCUT2D eigenvalue weighted by Gasteiger charge is -2.41. The normalized spacial score (nSPS) is 28.0. The first-order valence-electron chi connectivity index (χ1n) is 11.4. The smallest absolute Gasteiger partial charge is 0.143 e. The maximum atomic E-state index is 5.56. The Balaban J connectivity index is 1.26. The SMILES string of the molecule is CN1CCN([C@H]2CC[C@@H](Nc3ncnc4[nH]cc(C5CCOCC5)c34)CC2)CC1. The number of likely N-dealkylation sites (N-methyl/N-ethyl adjacent to an activating group) is 1. The fourth-order valence-electron chi connectivity index (χ4n) is 5.39. The number of piperazine rings is 1. The zero-order valence-electron chi connectivity index (χ0n) is 17.6. The van der Waals surface area contributed by atoms with E-state index in [-0.39, 0.29) is 0 Å². The van der Waals surface area contributed by atoms with Crippen LogP contribution in [0.4, 0.5) is 5.82 Å². The number of aromatic amines is 1. The first-order chi connectivity index (χ1) is 14.3. The first-order valence-corrected chi connectivity index (χ1v) is 11.4. The quantitative estimate of drug-likeness (QED) is 0.825. The third kappa shape index (κ3) is 4.13. The van der Waals surface area contributed by atoms with Gasteiger partial charge in [-0.25, -0.2) is 9.97 Å². The Bertz CT molecular complexity index is 801. The molecule has 1 saturated carbocycles. The molecule has 7 heteroatoms. The summed E-state index contributed by atoms with van der Waals surface area (Å²) in [5.74, 6) is 1.55. The number of rotatable bonds is 4. The van der Waals surface area contributed by atoms with Gasteiger partial charge in [0.15, 0.2) is 0 Å². The van der Waals surface area contributed by atoms with E-state index in [1.807, 2.05) is 0 Å². The molecule has 0 bridgehead atoms. The summed E-state index contributed by atoms with van der Waals surface area (Å²) in [4.78, 5) is 17.7. The Hall–Kier alpha value is -1.70. The summed E-state index contributed by atoms with van der Waals surface area (Å²) in [6, 6.07) is 1.27. The second kappa shape index (κ2) is 8.58. The first kappa shape index (κ1) is 19.3. The number of ether oxygens (including phenoxy) is 1. The van der Waals surface area contributed by atoms with Crippen molar-refractivity contribution in [3.8, 4) is 0 Å². The molecule has 0 amide bonds. The molecule has 3 aliphatic rings. The third-order valence-electron chi connectivity index (χ3n) is 7.25. The Morgan fingerprint density at radius 1 is 1.00 bits per heavy atom. The largest absolute Gasteiger partial charge is 0.381 e. The van der Waals surface area contributed by atoms with Gasteiger partial charge in [-0.05, 0) is 57.1 Å². The molecule has 0 atom stereocenters. The highest BCUT2D eigenvalue weighted by Gasteiger charge is 2.29. The van der Waals surface area contributed by atoms with Crippen LogP contribution in [0, 0.1) is 0 Å². The summed E-state index contributed by atoms with van der Waals surface area (Å²) in [5.41, 5.74) is 2.31. The summed E-state index contributed by atoms with van der Waals surface area (Å²) >= 11 is 0. The van der Waals surface area contributed by atoms with Crippen LogP contribution in [0.3, 0.4) is 0 Å². The Morgan fingerprint density at radius 2 is 1.76 bits per heavy atom. The standard InChI is InChI=1S/C22H34N6O/c1-27-8-10-28(11-9-27)18-4-2-17(3-5-18)26-22-20-19(16-6-12-29-13-7-16)14-23-21(20)24-15-25-22/h14-18H,2-13H2,1H3,(H2,23,24,25,26)/t17-,18+. The number of fused-ring (bicyclic) bond motifs is 1. The number of hydrogen-bond donors (Lipinski definition) is 2. The van der Waals surface area contributed by atoms with Crippen LogP contribution in [0.2, 0.25) is 0 Å². The van der Waals surface area contributed by atoms with Gasteiger partial charge in [0.05, 0.1) is 5.39 Å². The minimum Gasteiger partial charge on any atom is -0.381 e. The van der Waals surface area contributed by atoms with Crippen molar-refractivity contribution in [2.75, 3.05) is 51.8 Å². The number of nitrogens with zero attached hydrogens (tertiary/aromatic N) is 4. The van der Waals surface area contributed by atoms with E-state index in [0.717, 1.165) is 43.6 Å². The van der Waals surface area contributed by atoms with E-state index >= 15 is 0 Å². The number of hydrogen-bond acceptors (Lipinski definition) is 6. The van der Waals surface area contributed by atoms with Crippen molar-refractivity contribution in [1.82, 2.24) is 24.8 Å². The minimum atomic E-state index is 0.509. The number of anilines is 1. The lowest BCUT2D eigenvalue weighted by atomic mass is 9.89. The Labute approximate surface area is 173 Å². The van der Waals surface area contributed by atoms with Crippen molar-refractivity contribution in [1.29, 1.82) is 0 Å². The van der Waals surface area contributed by atoms with E-state index in [1.165, 1.54) is 62.8 Å². The molecule has 2 aromatic heterocycles. The van der Waals surface area contributed by atoms with E-state index in [9.17, 15) is 0 Å². The molecule has 7 nitrogen and oxygen atoms in total. The van der Waals surface area contributed by atoms with Crippen LogP contribution in [-0.2, 0) is 4.74 Å². The summed E-state index contributed by atoms with van der Waals surface area (Å²) in [5, 5.41) is 4.99. The minimum absolute atomic E-state index is 0.509. The molecular weight excluding hydrogens is 364 g/mol. The van der Waals surface area contributed by atoms with Gasteiger partial charge in [0, 0.05) is 57.7 Å². The molecule has 1 aliphatic carbocycles. The summed E-state index contributed by atoms with van der Waals surface area (Å²) in [6.07, 6.45) is 11.0. The zero-order chi connectivity index (χ0) is 19.6. The second-order valence-corrected chi connectivity index (χ2v) is 9.07. The highest BCUT2D eigenvalue weighted by atomic mass is 16.5. The molecule has 4 heterocycles. The lowest BCUT2D eigenvalue weighted by Crippen LogP contribution is -2.50. The van der Waals surface area contributed by atoms with E-state index < -0.39 is 0 Å². The summed E-state index contributed by atoms with van der Waals surface area (Å²) < 4.78 is 5.56. The molecule has 0 radical (unpaired) electrons. The van der Waals surface area contributed by atoms with Crippen molar-refractivity contribution in [2.24, 2.45) is 0 Å². The average Bonchev–Trinajstić information content (AvgIpc) is 3.21. The highest BCUT2D eigenvalue weighted by molar-refractivity contribution is 5.90. The molecule has 0 spiro atoms. The van der Waals surface area contributed by atoms with E-state index in [0.29, 0.717) is 12.0 Å². The van der Waals surface area contributed by atoms with E-state index in [1.54, 1.807) is 6.33 Å². The number of nitrogens with one attached hydrogen (secondary N) is 2. The van der Waals surface area contributed by atoms with E-state index in [4.69, 9.17) is 4.74 Å². The van der Waals surface area contributed by atoms with Crippen LogP contribution in [0.15, 0.2) is 12.5 Å². The zero-order valence-corrected chi connectivity index (χ0v) is 17.6. The van der Waals surface area contributed by atoms with Crippen molar-refractivity contribution in [2.45, 2.75) is 56.5 Å². The van der Waals surface area contributed by atoms with Crippen LogP contribution in [0.5, 0.6) is 0 Å². The maximum absolute atomic E-state index is 5.56.